The van der Waals surface area contributed by atoms with Crippen LogP contribution in [0.5, 0.6) is 11.5 Å². The van der Waals surface area contributed by atoms with Crippen molar-refractivity contribution < 1.29 is 14.3 Å². The van der Waals surface area contributed by atoms with Gasteiger partial charge >= 0.3 is 0 Å². The third-order valence-corrected chi connectivity index (χ3v) is 3.27. The first kappa shape index (κ1) is 11.0. The normalized spacial score (nSPS) is 20.2. The molecule has 1 aromatic rings. The number of carbonyl (C=O) groups excluding carboxylic acids is 1. The Kier molecular flexibility index (Phi) is 2.40. The number of carbonyl (C=O) groups is 1. The van der Waals surface area contributed by atoms with Crippen molar-refractivity contribution in [2.45, 2.75) is 12.5 Å². The monoisotopic (exact) mass is 244 g/mol. The quantitative estimate of drug-likeness (QED) is 0.799. The zero-order chi connectivity index (χ0) is 12.7. The smallest absolute Gasteiger partial charge is 0.288 e. The van der Waals surface area contributed by atoms with E-state index in [1.807, 2.05) is 12.1 Å². The fraction of sp³-hybridized carbons (Fsp3) is 0.308. The summed E-state index contributed by atoms with van der Waals surface area (Å²) < 4.78 is 10.5. The van der Waals surface area contributed by atoms with Crippen LogP contribution in [0.2, 0.25) is 0 Å². The van der Waals surface area contributed by atoms with Gasteiger partial charge in [-0.1, -0.05) is 0 Å². The zero-order valence-electron chi connectivity index (χ0n) is 10.1. The van der Waals surface area contributed by atoms with Gasteiger partial charge < -0.3 is 9.47 Å². The van der Waals surface area contributed by atoms with Crippen LogP contribution in [0.25, 0.3) is 5.57 Å². The summed E-state index contributed by atoms with van der Waals surface area (Å²) in [5.41, 5.74) is 3.04. The third-order valence-electron chi connectivity index (χ3n) is 3.27. The lowest BCUT2D eigenvalue weighted by atomic mass is 10.0. The summed E-state index contributed by atoms with van der Waals surface area (Å²) in [6, 6.07) is 3.79. The summed E-state index contributed by atoms with van der Waals surface area (Å²) in [5.74, 6) is 1.05. The van der Waals surface area contributed by atoms with Crippen molar-refractivity contribution in [3.8, 4) is 11.5 Å². The molecule has 0 aromatic heterocycles. The van der Waals surface area contributed by atoms with Crippen LogP contribution < -0.4 is 9.47 Å². The number of benzene rings is 1. The summed E-state index contributed by atoms with van der Waals surface area (Å²) >= 11 is 0. The number of azo groups is 1. The molecule has 1 atom stereocenters. The molecule has 0 saturated carbocycles. The number of nitrogens with zero attached hydrogens (tertiary/aromatic N) is 2. The van der Waals surface area contributed by atoms with Gasteiger partial charge in [-0.3, -0.25) is 4.79 Å². The first-order chi connectivity index (χ1) is 8.72. The second kappa shape index (κ2) is 3.94. The highest BCUT2D eigenvalue weighted by Crippen LogP contribution is 2.42. The van der Waals surface area contributed by atoms with Gasteiger partial charge in [0.05, 0.1) is 14.2 Å². The number of rotatable bonds is 2. The maximum Gasteiger partial charge on any atom is 0.288 e. The number of fused-ring (bicyclic) bond motifs is 3. The Balaban J connectivity index is 2.14. The first-order valence-electron chi connectivity index (χ1n) is 5.64. The van der Waals surface area contributed by atoms with Crippen LogP contribution in [0.4, 0.5) is 0 Å². The fourth-order valence-corrected chi connectivity index (χ4v) is 2.42. The highest BCUT2D eigenvalue weighted by Gasteiger charge is 2.31. The van der Waals surface area contributed by atoms with E-state index in [2.05, 4.69) is 10.2 Å². The van der Waals surface area contributed by atoms with E-state index in [4.69, 9.17) is 9.47 Å². The average molecular weight is 244 g/mol. The van der Waals surface area contributed by atoms with Crippen molar-refractivity contribution in [2.75, 3.05) is 14.2 Å². The first-order valence-corrected chi connectivity index (χ1v) is 5.64. The maximum absolute atomic E-state index is 11.3. The Labute approximate surface area is 104 Å². The summed E-state index contributed by atoms with van der Waals surface area (Å²) in [7, 11) is 3.20. The van der Waals surface area contributed by atoms with Crippen LogP contribution in [-0.2, 0) is 11.2 Å². The third kappa shape index (κ3) is 1.51. The molecule has 18 heavy (non-hydrogen) atoms. The van der Waals surface area contributed by atoms with Gasteiger partial charge in [0.25, 0.3) is 5.91 Å². The Hall–Kier alpha value is -2.17. The molecule has 0 saturated heterocycles. The number of methoxy groups -OCH3 is 2. The molecule has 0 fully saturated rings. The molecule has 0 radical (unpaired) electrons. The van der Waals surface area contributed by atoms with Crippen molar-refractivity contribution in [3.63, 3.8) is 0 Å². The van der Waals surface area contributed by atoms with Crippen molar-refractivity contribution in [1.82, 2.24) is 0 Å². The fourth-order valence-electron chi connectivity index (χ4n) is 2.42. The molecule has 92 valence electrons. The van der Waals surface area contributed by atoms with E-state index < -0.39 is 0 Å². The topological polar surface area (TPSA) is 60.2 Å². The maximum atomic E-state index is 11.3. The predicted octanol–water partition coefficient (Wildman–Crippen LogP) is 2.00. The summed E-state index contributed by atoms with van der Waals surface area (Å²) in [6.07, 6.45) is 2.30. The van der Waals surface area contributed by atoms with Crippen molar-refractivity contribution in [1.29, 1.82) is 0 Å². The Morgan fingerprint density at radius 3 is 2.67 bits per heavy atom. The Morgan fingerprint density at radius 2 is 1.94 bits per heavy atom. The van der Waals surface area contributed by atoms with Crippen LogP contribution >= 0.6 is 0 Å². The molecule has 1 aliphatic carbocycles. The SMILES string of the molecule is COc1cc2c(cc1OC)C1=CC(=O)N=NC1C2. The van der Waals surface area contributed by atoms with Gasteiger partial charge in [0.15, 0.2) is 11.5 Å². The summed E-state index contributed by atoms with van der Waals surface area (Å²) in [5, 5.41) is 7.61. The molecule has 0 bridgehead atoms. The predicted molar refractivity (Wildman–Crippen MR) is 64.9 cm³/mol. The van der Waals surface area contributed by atoms with Gasteiger partial charge in [0.2, 0.25) is 0 Å². The van der Waals surface area contributed by atoms with Crippen LogP contribution in [0.3, 0.4) is 0 Å². The number of ether oxygens (including phenoxy) is 2. The highest BCUT2D eigenvalue weighted by molar-refractivity contribution is 5.99. The lowest BCUT2D eigenvalue weighted by molar-refractivity contribution is -0.114. The van der Waals surface area contributed by atoms with Gasteiger partial charge in [-0.15, -0.1) is 5.11 Å². The molecule has 5 nitrogen and oxygen atoms in total. The lowest BCUT2D eigenvalue weighted by Crippen LogP contribution is -2.08. The van der Waals surface area contributed by atoms with Crippen LogP contribution in [0, 0.1) is 0 Å². The van der Waals surface area contributed by atoms with E-state index >= 15 is 0 Å². The largest absolute Gasteiger partial charge is 0.493 e. The molecule has 5 heteroatoms. The van der Waals surface area contributed by atoms with E-state index in [1.165, 1.54) is 0 Å². The van der Waals surface area contributed by atoms with Gasteiger partial charge in [0.1, 0.15) is 6.04 Å². The highest BCUT2D eigenvalue weighted by atomic mass is 16.5. The van der Waals surface area contributed by atoms with Gasteiger partial charge in [-0.2, -0.15) is 5.11 Å². The standard InChI is InChI=1S/C13H12N2O3/c1-17-11-4-7-3-10-9(6-13(16)15-14-10)8(7)5-12(11)18-2/h4-6,10H,3H2,1-2H3. The second-order valence-corrected chi connectivity index (χ2v) is 4.24. The summed E-state index contributed by atoms with van der Waals surface area (Å²) in [6.45, 7) is 0. The van der Waals surface area contributed by atoms with Crippen LogP contribution in [0.15, 0.2) is 28.4 Å². The second-order valence-electron chi connectivity index (χ2n) is 4.24. The number of hydrogen-bond donors (Lipinski definition) is 0. The zero-order valence-corrected chi connectivity index (χ0v) is 10.1. The van der Waals surface area contributed by atoms with Crippen LogP contribution in [0.1, 0.15) is 11.1 Å². The van der Waals surface area contributed by atoms with Crippen molar-refractivity contribution >= 4 is 11.5 Å². The molecule has 0 spiro atoms. The molecule has 1 aromatic carbocycles. The molecule has 1 unspecified atom stereocenters. The molecule has 2 aliphatic rings. The molecule has 1 heterocycles. The van der Waals surface area contributed by atoms with Crippen molar-refractivity contribution in [2.24, 2.45) is 10.2 Å². The number of amides is 1. The molecule has 1 amide bonds. The molecule has 3 rings (SSSR count). The Bertz CT molecular complexity index is 590. The minimum atomic E-state index is -0.302. The van der Waals surface area contributed by atoms with E-state index in [0.29, 0.717) is 11.5 Å². The Morgan fingerprint density at radius 1 is 1.22 bits per heavy atom. The van der Waals surface area contributed by atoms with Crippen molar-refractivity contribution in [3.05, 3.63) is 29.3 Å². The van der Waals surface area contributed by atoms with Crippen LogP contribution in [-0.4, -0.2) is 26.2 Å². The van der Waals surface area contributed by atoms with E-state index in [-0.39, 0.29) is 11.9 Å². The average Bonchev–Trinajstić information content (AvgIpc) is 2.74. The van der Waals surface area contributed by atoms with E-state index in [0.717, 1.165) is 23.1 Å². The molecule has 0 N–H and O–H groups in total. The minimum absolute atomic E-state index is 0.0467. The van der Waals surface area contributed by atoms with E-state index in [9.17, 15) is 4.79 Å². The van der Waals surface area contributed by atoms with Gasteiger partial charge in [0, 0.05) is 12.5 Å². The van der Waals surface area contributed by atoms with E-state index in [1.54, 1.807) is 20.3 Å². The number of hydrogen-bond acceptors (Lipinski definition) is 4. The van der Waals surface area contributed by atoms with Gasteiger partial charge in [-0.25, -0.2) is 0 Å². The molecular weight excluding hydrogens is 232 g/mol. The molecule has 1 aliphatic heterocycles. The lowest BCUT2D eigenvalue weighted by Gasteiger charge is -2.11. The van der Waals surface area contributed by atoms with Gasteiger partial charge in [-0.05, 0) is 28.8 Å². The summed E-state index contributed by atoms with van der Waals surface area (Å²) in [4.78, 5) is 11.3. The molecular formula is C13H12N2O3. The minimum Gasteiger partial charge on any atom is -0.493 e.